The van der Waals surface area contributed by atoms with Gasteiger partial charge in [0.15, 0.2) is 5.11 Å². The molecule has 0 atom stereocenters. The third-order valence-electron chi connectivity index (χ3n) is 2.33. The van der Waals surface area contributed by atoms with E-state index in [0.717, 1.165) is 11.3 Å². The molecule has 0 spiro atoms. The molecule has 19 heavy (non-hydrogen) atoms. The predicted octanol–water partition coefficient (Wildman–Crippen LogP) is 4.51. The van der Waals surface area contributed by atoms with E-state index in [-0.39, 0.29) is 0 Å². The van der Waals surface area contributed by atoms with Crippen LogP contribution in [0.1, 0.15) is 5.56 Å². The first-order chi connectivity index (χ1) is 9.04. The van der Waals surface area contributed by atoms with Crippen LogP contribution >= 0.6 is 35.4 Å². The Hall–Kier alpha value is -1.36. The number of thiocarbonyl (C=S) groups is 1. The van der Waals surface area contributed by atoms with Crippen molar-refractivity contribution in [2.75, 3.05) is 10.6 Å². The number of aromatic nitrogens is 1. The molecule has 2 rings (SSSR count). The van der Waals surface area contributed by atoms with Crippen molar-refractivity contribution in [2.45, 2.75) is 6.92 Å². The van der Waals surface area contributed by atoms with Gasteiger partial charge in [0, 0.05) is 11.9 Å². The van der Waals surface area contributed by atoms with Gasteiger partial charge in [-0.3, -0.25) is 0 Å². The van der Waals surface area contributed by atoms with E-state index in [4.69, 9.17) is 35.4 Å². The fourth-order valence-electron chi connectivity index (χ4n) is 1.46. The van der Waals surface area contributed by atoms with Gasteiger partial charge < -0.3 is 10.6 Å². The predicted molar refractivity (Wildman–Crippen MR) is 85.3 cm³/mol. The quantitative estimate of drug-likeness (QED) is 0.800. The minimum atomic E-state index is 0.441. The Bertz CT molecular complexity index is 617. The molecule has 0 saturated heterocycles. The van der Waals surface area contributed by atoms with Gasteiger partial charge in [0.25, 0.3) is 0 Å². The molecule has 0 unspecified atom stereocenters. The molecule has 0 saturated carbocycles. The van der Waals surface area contributed by atoms with Crippen molar-refractivity contribution in [1.82, 2.24) is 4.98 Å². The van der Waals surface area contributed by atoms with Crippen LogP contribution in [0.4, 0.5) is 11.5 Å². The Morgan fingerprint density at radius 2 is 1.89 bits per heavy atom. The largest absolute Gasteiger partial charge is 0.332 e. The van der Waals surface area contributed by atoms with Crippen LogP contribution in [0.5, 0.6) is 0 Å². The zero-order chi connectivity index (χ0) is 13.8. The van der Waals surface area contributed by atoms with E-state index in [1.807, 2.05) is 19.1 Å². The molecule has 0 aliphatic carbocycles. The highest BCUT2D eigenvalue weighted by atomic mass is 35.5. The lowest BCUT2D eigenvalue weighted by Crippen LogP contribution is -2.19. The third kappa shape index (κ3) is 4.06. The molecule has 2 N–H and O–H groups in total. The Kier molecular flexibility index (Phi) is 4.58. The minimum Gasteiger partial charge on any atom is -0.332 e. The number of pyridine rings is 1. The van der Waals surface area contributed by atoms with Crippen LogP contribution in [0, 0.1) is 6.92 Å². The van der Waals surface area contributed by atoms with Gasteiger partial charge >= 0.3 is 0 Å². The van der Waals surface area contributed by atoms with Gasteiger partial charge in [0.1, 0.15) is 5.82 Å². The lowest BCUT2D eigenvalue weighted by Gasteiger charge is -2.10. The van der Waals surface area contributed by atoms with E-state index in [1.54, 1.807) is 24.4 Å². The maximum Gasteiger partial charge on any atom is 0.176 e. The molecule has 2 aromatic rings. The second kappa shape index (κ2) is 6.19. The summed E-state index contributed by atoms with van der Waals surface area (Å²) in [6.45, 7) is 1.99. The number of benzene rings is 1. The topological polar surface area (TPSA) is 37.0 Å². The highest BCUT2D eigenvalue weighted by Crippen LogP contribution is 2.25. The van der Waals surface area contributed by atoms with Crippen molar-refractivity contribution < 1.29 is 0 Å². The van der Waals surface area contributed by atoms with Gasteiger partial charge in [-0.15, -0.1) is 0 Å². The molecule has 0 aliphatic rings. The molecular formula is C13H11Cl2N3S. The molecule has 1 aromatic heterocycles. The number of halogens is 2. The maximum absolute atomic E-state index is 5.93. The van der Waals surface area contributed by atoms with E-state index in [9.17, 15) is 0 Å². The summed E-state index contributed by atoms with van der Waals surface area (Å²) in [7, 11) is 0. The van der Waals surface area contributed by atoms with Crippen LogP contribution < -0.4 is 10.6 Å². The first kappa shape index (κ1) is 14.1. The summed E-state index contributed by atoms with van der Waals surface area (Å²) >= 11 is 17.0. The minimum absolute atomic E-state index is 0.441. The van der Waals surface area contributed by atoms with E-state index in [0.29, 0.717) is 21.0 Å². The number of nitrogens with zero attached hydrogens (tertiary/aromatic N) is 1. The van der Waals surface area contributed by atoms with E-state index in [1.165, 1.54) is 0 Å². The fraction of sp³-hybridized carbons (Fsp3) is 0.0769. The Morgan fingerprint density at radius 1 is 1.11 bits per heavy atom. The second-order valence-corrected chi connectivity index (χ2v) is 5.15. The summed E-state index contributed by atoms with van der Waals surface area (Å²) in [6.07, 6.45) is 1.72. The standard InChI is InChI=1S/C13H11Cl2N3S/c1-8-4-5-16-12(6-8)18-13(19)17-9-2-3-10(14)11(15)7-9/h2-7H,1H3,(H2,16,17,18,19). The van der Waals surface area contributed by atoms with Gasteiger partial charge in [0.05, 0.1) is 10.0 Å². The monoisotopic (exact) mass is 311 g/mol. The maximum atomic E-state index is 5.93. The van der Waals surface area contributed by atoms with Crippen LogP contribution in [0.15, 0.2) is 36.5 Å². The molecule has 1 heterocycles. The van der Waals surface area contributed by atoms with Crippen LogP contribution in [-0.2, 0) is 0 Å². The zero-order valence-corrected chi connectivity index (χ0v) is 12.4. The molecule has 98 valence electrons. The molecule has 6 heteroatoms. The van der Waals surface area contributed by atoms with Crippen molar-refractivity contribution in [3.05, 3.63) is 52.1 Å². The van der Waals surface area contributed by atoms with E-state index < -0.39 is 0 Å². The number of anilines is 2. The first-order valence-electron chi connectivity index (χ1n) is 5.50. The molecular weight excluding hydrogens is 301 g/mol. The molecule has 3 nitrogen and oxygen atoms in total. The molecule has 0 amide bonds. The van der Waals surface area contributed by atoms with E-state index >= 15 is 0 Å². The van der Waals surface area contributed by atoms with Crippen molar-refractivity contribution >= 4 is 52.0 Å². The Labute approximate surface area is 127 Å². The SMILES string of the molecule is Cc1ccnc(NC(=S)Nc2ccc(Cl)c(Cl)c2)c1. The molecule has 0 radical (unpaired) electrons. The van der Waals surface area contributed by atoms with Crippen molar-refractivity contribution in [3.63, 3.8) is 0 Å². The van der Waals surface area contributed by atoms with Crippen LogP contribution in [-0.4, -0.2) is 10.1 Å². The Balaban J connectivity index is 2.03. The molecule has 0 aliphatic heterocycles. The lowest BCUT2D eigenvalue weighted by molar-refractivity contribution is 1.28. The molecule has 1 aromatic carbocycles. The summed E-state index contributed by atoms with van der Waals surface area (Å²) in [5, 5.41) is 7.44. The van der Waals surface area contributed by atoms with Crippen molar-refractivity contribution in [3.8, 4) is 0 Å². The number of hydrogen-bond donors (Lipinski definition) is 2. The summed E-state index contributed by atoms with van der Waals surface area (Å²) in [4.78, 5) is 4.17. The van der Waals surface area contributed by atoms with Crippen LogP contribution in [0.25, 0.3) is 0 Å². The number of aryl methyl sites for hydroxylation is 1. The molecule has 0 fully saturated rings. The average Bonchev–Trinajstić information content (AvgIpc) is 2.34. The van der Waals surface area contributed by atoms with Crippen LogP contribution in [0.2, 0.25) is 10.0 Å². The van der Waals surface area contributed by atoms with Gasteiger partial charge in [-0.2, -0.15) is 0 Å². The van der Waals surface area contributed by atoms with Gasteiger partial charge in [0.2, 0.25) is 0 Å². The smallest absolute Gasteiger partial charge is 0.176 e. The van der Waals surface area contributed by atoms with E-state index in [2.05, 4.69) is 15.6 Å². The Morgan fingerprint density at radius 3 is 2.58 bits per heavy atom. The summed E-state index contributed by atoms with van der Waals surface area (Å²) in [6, 6.07) is 9.04. The number of rotatable bonds is 2. The van der Waals surface area contributed by atoms with Gasteiger partial charge in [-0.25, -0.2) is 4.98 Å². The van der Waals surface area contributed by atoms with Crippen molar-refractivity contribution in [1.29, 1.82) is 0 Å². The number of nitrogens with one attached hydrogen (secondary N) is 2. The highest BCUT2D eigenvalue weighted by Gasteiger charge is 2.02. The summed E-state index contributed by atoms with van der Waals surface area (Å²) in [5.41, 5.74) is 1.87. The fourth-order valence-corrected chi connectivity index (χ4v) is 1.98. The first-order valence-corrected chi connectivity index (χ1v) is 6.67. The normalized spacial score (nSPS) is 10.1. The zero-order valence-electron chi connectivity index (χ0n) is 10.1. The summed E-state index contributed by atoms with van der Waals surface area (Å²) in [5.74, 6) is 0.692. The third-order valence-corrected chi connectivity index (χ3v) is 3.28. The number of hydrogen-bond acceptors (Lipinski definition) is 2. The lowest BCUT2D eigenvalue weighted by atomic mass is 10.3. The second-order valence-electron chi connectivity index (χ2n) is 3.93. The average molecular weight is 312 g/mol. The van der Waals surface area contributed by atoms with Crippen molar-refractivity contribution in [2.24, 2.45) is 0 Å². The summed E-state index contributed by atoms with van der Waals surface area (Å²) < 4.78 is 0. The highest BCUT2D eigenvalue weighted by molar-refractivity contribution is 7.80. The molecule has 0 bridgehead atoms. The van der Waals surface area contributed by atoms with Gasteiger partial charge in [-0.05, 0) is 55.0 Å². The van der Waals surface area contributed by atoms with Crippen LogP contribution in [0.3, 0.4) is 0 Å². The van der Waals surface area contributed by atoms with Gasteiger partial charge in [-0.1, -0.05) is 23.2 Å².